The van der Waals surface area contributed by atoms with Gasteiger partial charge in [-0.2, -0.15) is 5.10 Å². The zero-order valence-corrected chi connectivity index (χ0v) is 15.0. The van der Waals surface area contributed by atoms with Crippen LogP contribution in [0.15, 0.2) is 0 Å². The molecule has 0 spiro atoms. The van der Waals surface area contributed by atoms with Crippen molar-refractivity contribution in [1.29, 1.82) is 0 Å². The molecule has 1 aromatic heterocycles. The number of aromatic nitrogens is 2. The molecule has 0 saturated heterocycles. The SMILES string of the molecule is [CH2-]N1CCCc2[nH]nc(C3CC3)c21.[Cs+]. The van der Waals surface area contributed by atoms with E-state index in [2.05, 4.69) is 22.1 Å². The third-order valence-electron chi connectivity index (χ3n) is 2.97. The van der Waals surface area contributed by atoms with Gasteiger partial charge in [0.25, 0.3) is 0 Å². The molecule has 1 aliphatic heterocycles. The Balaban J connectivity index is 0.000000750. The molecule has 4 heteroatoms. The number of H-pyrrole nitrogens is 1. The van der Waals surface area contributed by atoms with Gasteiger partial charge in [0, 0.05) is 5.92 Å². The van der Waals surface area contributed by atoms with Crippen molar-refractivity contribution in [2.45, 2.75) is 31.6 Å². The Bertz CT molecular complexity index is 330. The van der Waals surface area contributed by atoms with Gasteiger partial charge in [0.2, 0.25) is 0 Å². The molecule has 0 radical (unpaired) electrons. The predicted octanol–water partition coefficient (Wildman–Crippen LogP) is -1.16. The van der Waals surface area contributed by atoms with E-state index in [9.17, 15) is 0 Å². The van der Waals surface area contributed by atoms with Crippen LogP contribution in [0.4, 0.5) is 5.69 Å². The van der Waals surface area contributed by atoms with Crippen molar-refractivity contribution in [3.05, 3.63) is 18.4 Å². The van der Waals surface area contributed by atoms with Crippen LogP contribution in [0, 0.1) is 7.05 Å². The normalized spacial score (nSPS) is 20.2. The summed E-state index contributed by atoms with van der Waals surface area (Å²) in [4.78, 5) is 2.11. The van der Waals surface area contributed by atoms with Crippen molar-refractivity contribution in [1.82, 2.24) is 10.2 Å². The van der Waals surface area contributed by atoms with E-state index in [1.54, 1.807) is 0 Å². The van der Waals surface area contributed by atoms with E-state index in [-0.39, 0.29) is 68.9 Å². The molecule has 0 amide bonds. The summed E-state index contributed by atoms with van der Waals surface area (Å²) in [5, 5.41) is 7.55. The first-order valence-electron chi connectivity index (χ1n) is 5.01. The van der Waals surface area contributed by atoms with Crippen molar-refractivity contribution in [2.75, 3.05) is 11.4 Å². The standard InChI is InChI=1S/C10H14N3.Cs/c1-13-6-2-3-8-10(13)9(12-11-8)7-4-5-7;/h7H,1-6H2,(H,11,12);/q-1;+1. The van der Waals surface area contributed by atoms with Crippen LogP contribution in [0.2, 0.25) is 0 Å². The number of hydrogen-bond donors (Lipinski definition) is 1. The minimum Gasteiger partial charge on any atom is -0.522 e. The van der Waals surface area contributed by atoms with E-state index >= 15 is 0 Å². The number of nitrogens with one attached hydrogen (secondary N) is 1. The van der Waals surface area contributed by atoms with Crippen molar-refractivity contribution < 1.29 is 68.9 Å². The molecule has 0 bridgehead atoms. The van der Waals surface area contributed by atoms with Crippen LogP contribution in [-0.2, 0) is 6.42 Å². The fraction of sp³-hybridized carbons (Fsp3) is 0.600. The molecule has 0 aromatic carbocycles. The molecule has 0 unspecified atom stereocenters. The molecule has 3 nitrogen and oxygen atoms in total. The van der Waals surface area contributed by atoms with Crippen LogP contribution >= 0.6 is 0 Å². The number of aromatic amines is 1. The molecule has 2 heterocycles. The number of nitrogens with zero attached hydrogens (tertiary/aromatic N) is 2. The second kappa shape index (κ2) is 4.51. The quantitative estimate of drug-likeness (QED) is 0.664. The molecule has 1 fully saturated rings. The van der Waals surface area contributed by atoms with Gasteiger partial charge in [-0.3, -0.25) is 12.1 Å². The van der Waals surface area contributed by atoms with Crippen LogP contribution in [0.3, 0.4) is 0 Å². The van der Waals surface area contributed by atoms with Crippen LogP contribution in [0.25, 0.3) is 0 Å². The van der Waals surface area contributed by atoms with E-state index in [1.807, 2.05) is 0 Å². The summed E-state index contributed by atoms with van der Waals surface area (Å²) >= 11 is 0. The van der Waals surface area contributed by atoms with Gasteiger partial charge in [0.05, 0.1) is 17.1 Å². The van der Waals surface area contributed by atoms with Crippen LogP contribution in [0.5, 0.6) is 0 Å². The number of rotatable bonds is 1. The zero-order chi connectivity index (χ0) is 8.84. The summed E-state index contributed by atoms with van der Waals surface area (Å²) in [7, 11) is 4.06. The first-order valence-corrected chi connectivity index (χ1v) is 5.01. The topological polar surface area (TPSA) is 31.9 Å². The largest absolute Gasteiger partial charge is 1.00 e. The van der Waals surface area contributed by atoms with E-state index in [4.69, 9.17) is 0 Å². The fourth-order valence-corrected chi connectivity index (χ4v) is 2.12. The van der Waals surface area contributed by atoms with Gasteiger partial charge in [-0.1, -0.05) is 0 Å². The second-order valence-electron chi connectivity index (χ2n) is 4.08. The monoisotopic (exact) mass is 309 g/mol. The smallest absolute Gasteiger partial charge is 0.522 e. The summed E-state index contributed by atoms with van der Waals surface area (Å²) in [6.07, 6.45) is 4.96. The Morgan fingerprint density at radius 3 is 2.93 bits per heavy atom. The summed E-state index contributed by atoms with van der Waals surface area (Å²) < 4.78 is 0. The van der Waals surface area contributed by atoms with Gasteiger partial charge >= 0.3 is 68.9 Å². The van der Waals surface area contributed by atoms with Crippen LogP contribution < -0.4 is 73.8 Å². The molecule has 70 valence electrons. The third kappa shape index (κ3) is 1.97. The minimum atomic E-state index is 0. The molecule has 1 N–H and O–H groups in total. The fourth-order valence-electron chi connectivity index (χ4n) is 2.12. The Kier molecular flexibility index (Phi) is 3.72. The van der Waals surface area contributed by atoms with Crippen molar-refractivity contribution in [3.8, 4) is 0 Å². The maximum Gasteiger partial charge on any atom is 1.00 e. The Morgan fingerprint density at radius 2 is 2.21 bits per heavy atom. The van der Waals surface area contributed by atoms with Crippen LogP contribution in [-0.4, -0.2) is 16.7 Å². The first-order chi connectivity index (χ1) is 6.36. The van der Waals surface area contributed by atoms with E-state index in [0.717, 1.165) is 18.9 Å². The second-order valence-corrected chi connectivity index (χ2v) is 4.08. The number of fused-ring (bicyclic) bond motifs is 1. The molecule has 3 rings (SSSR count). The van der Waals surface area contributed by atoms with Gasteiger partial charge in [-0.25, -0.2) is 0 Å². The summed E-state index contributed by atoms with van der Waals surface area (Å²) in [6, 6.07) is 0. The molecule has 1 aromatic rings. The Hall–Kier alpha value is 1.06. The number of anilines is 1. The molecule has 1 saturated carbocycles. The van der Waals surface area contributed by atoms with Gasteiger partial charge in [0.1, 0.15) is 0 Å². The molecule has 14 heavy (non-hydrogen) atoms. The average molecular weight is 309 g/mol. The Labute approximate surface area is 143 Å². The van der Waals surface area contributed by atoms with Crippen LogP contribution in [0.1, 0.15) is 36.6 Å². The van der Waals surface area contributed by atoms with E-state index < -0.39 is 0 Å². The first kappa shape index (κ1) is 11.5. The Morgan fingerprint density at radius 1 is 1.43 bits per heavy atom. The van der Waals surface area contributed by atoms with E-state index in [0.29, 0.717) is 0 Å². The average Bonchev–Trinajstić information content (AvgIpc) is 2.87. The van der Waals surface area contributed by atoms with Crippen molar-refractivity contribution >= 4 is 5.69 Å². The van der Waals surface area contributed by atoms with Gasteiger partial charge in [-0.15, -0.1) is 0 Å². The third-order valence-corrected chi connectivity index (χ3v) is 2.97. The molecule has 2 aliphatic rings. The minimum absolute atomic E-state index is 0. The molecule has 0 atom stereocenters. The van der Waals surface area contributed by atoms with Gasteiger partial charge in [0.15, 0.2) is 0 Å². The van der Waals surface area contributed by atoms with Gasteiger partial charge in [-0.05, 0) is 32.2 Å². The van der Waals surface area contributed by atoms with Gasteiger partial charge < -0.3 is 4.90 Å². The summed E-state index contributed by atoms with van der Waals surface area (Å²) in [5.74, 6) is 0.724. The number of aryl methyl sites for hydroxylation is 1. The predicted molar refractivity (Wildman–Crippen MR) is 51.6 cm³/mol. The van der Waals surface area contributed by atoms with Crippen molar-refractivity contribution in [2.24, 2.45) is 0 Å². The van der Waals surface area contributed by atoms with E-state index in [1.165, 1.54) is 36.3 Å². The summed E-state index contributed by atoms with van der Waals surface area (Å²) in [5.41, 5.74) is 3.86. The van der Waals surface area contributed by atoms with Crippen molar-refractivity contribution in [3.63, 3.8) is 0 Å². The molecule has 1 aliphatic carbocycles. The zero-order valence-electron chi connectivity index (χ0n) is 8.71. The maximum absolute atomic E-state index is 4.40. The molecular weight excluding hydrogens is 295 g/mol. The maximum atomic E-state index is 4.40. The molecular formula is C10H14CsN3. The number of hydrogen-bond acceptors (Lipinski definition) is 2. The summed E-state index contributed by atoms with van der Waals surface area (Å²) in [6.45, 7) is 1.08.